The third kappa shape index (κ3) is 4.68. The van der Waals surface area contributed by atoms with Crippen LogP contribution in [0.5, 0.6) is 5.75 Å². The number of carbonyl (C=O) groups is 1. The molecule has 26 heavy (non-hydrogen) atoms. The third-order valence-electron chi connectivity index (χ3n) is 3.88. The fourth-order valence-electron chi connectivity index (χ4n) is 2.61. The van der Waals surface area contributed by atoms with Gasteiger partial charge in [-0.2, -0.15) is 0 Å². The summed E-state index contributed by atoms with van der Waals surface area (Å²) < 4.78 is 5.57. The molecule has 3 rings (SSSR count). The summed E-state index contributed by atoms with van der Waals surface area (Å²) in [6.07, 6.45) is 3.69. The molecular weight excluding hydrogens is 328 g/mol. The van der Waals surface area contributed by atoms with Crippen molar-refractivity contribution in [3.63, 3.8) is 0 Å². The molecule has 3 aromatic rings. The number of ether oxygens (including phenoxy) is 1. The first kappa shape index (κ1) is 17.6. The van der Waals surface area contributed by atoms with Crippen LogP contribution in [0.3, 0.4) is 0 Å². The van der Waals surface area contributed by atoms with Crippen LogP contribution in [-0.2, 0) is 6.54 Å². The number of nitrogens with one attached hydrogen (secondary N) is 1. The zero-order valence-electron chi connectivity index (χ0n) is 14.3. The number of aromatic nitrogens is 1. The molecule has 0 amide bonds. The molecule has 0 saturated heterocycles. The minimum atomic E-state index is -0.989. The molecule has 0 aliphatic heterocycles. The van der Waals surface area contributed by atoms with Gasteiger partial charge >= 0.3 is 5.97 Å². The predicted molar refractivity (Wildman–Crippen MR) is 100 cm³/mol. The normalized spacial score (nSPS) is 10.5. The molecule has 1 aromatic heterocycles. The molecule has 0 bridgehead atoms. The molecule has 0 radical (unpaired) electrons. The second-order valence-corrected chi connectivity index (χ2v) is 5.77. The molecule has 2 aromatic carbocycles. The number of nitrogens with zero attached hydrogens (tertiary/aromatic N) is 1. The third-order valence-corrected chi connectivity index (χ3v) is 3.88. The number of hydrogen-bond acceptors (Lipinski definition) is 4. The highest BCUT2D eigenvalue weighted by Crippen LogP contribution is 2.19. The van der Waals surface area contributed by atoms with Crippen molar-refractivity contribution in [3.8, 4) is 16.9 Å². The Bertz CT molecular complexity index is 866. The number of carboxylic acids is 1. The molecule has 5 heteroatoms. The Morgan fingerprint density at radius 2 is 1.77 bits per heavy atom. The molecule has 132 valence electrons. The highest BCUT2D eigenvalue weighted by Gasteiger charge is 2.09. The highest BCUT2D eigenvalue weighted by molar-refractivity contribution is 5.90. The Balaban J connectivity index is 1.50. The number of pyridine rings is 1. The predicted octanol–water partition coefficient (Wildman–Crippen LogP) is 3.62. The maximum Gasteiger partial charge on any atom is 0.339 e. The Morgan fingerprint density at radius 3 is 2.58 bits per heavy atom. The van der Waals surface area contributed by atoms with Gasteiger partial charge in [0.25, 0.3) is 0 Å². The number of aromatic carboxylic acids is 1. The fraction of sp³-hybridized carbons (Fsp3) is 0.143. The molecule has 0 aliphatic rings. The van der Waals surface area contributed by atoms with Gasteiger partial charge < -0.3 is 15.2 Å². The molecular formula is C21H20N2O3. The van der Waals surface area contributed by atoms with Gasteiger partial charge in [-0.3, -0.25) is 4.98 Å². The van der Waals surface area contributed by atoms with Gasteiger partial charge in [0.05, 0.1) is 0 Å². The Labute approximate surface area is 152 Å². The number of carboxylic acid groups (broad SMARTS) is 1. The first-order chi connectivity index (χ1) is 12.7. The molecule has 0 spiro atoms. The summed E-state index contributed by atoms with van der Waals surface area (Å²) in [5, 5.41) is 12.4. The molecule has 0 unspecified atom stereocenters. The van der Waals surface area contributed by atoms with Crippen LogP contribution in [0.15, 0.2) is 73.1 Å². The summed E-state index contributed by atoms with van der Waals surface area (Å²) in [5.41, 5.74) is 3.47. The number of benzene rings is 2. The van der Waals surface area contributed by atoms with Crippen molar-refractivity contribution < 1.29 is 14.6 Å². The maximum absolute atomic E-state index is 11.1. The van der Waals surface area contributed by atoms with Crippen LogP contribution in [0.4, 0.5) is 0 Å². The quantitative estimate of drug-likeness (QED) is 0.609. The second kappa shape index (κ2) is 8.78. The topological polar surface area (TPSA) is 71.5 Å². The van der Waals surface area contributed by atoms with Crippen LogP contribution in [0, 0.1) is 0 Å². The average Bonchev–Trinajstić information content (AvgIpc) is 2.69. The monoisotopic (exact) mass is 348 g/mol. The maximum atomic E-state index is 11.1. The molecule has 0 fully saturated rings. The van der Waals surface area contributed by atoms with Crippen LogP contribution >= 0.6 is 0 Å². The van der Waals surface area contributed by atoms with E-state index in [4.69, 9.17) is 9.84 Å². The van der Waals surface area contributed by atoms with E-state index < -0.39 is 5.97 Å². The minimum Gasteiger partial charge on any atom is -0.491 e. The van der Waals surface area contributed by atoms with Crippen LogP contribution in [0.2, 0.25) is 0 Å². The molecule has 2 N–H and O–H groups in total. The molecule has 5 nitrogen and oxygen atoms in total. The standard InChI is InChI=1S/C21H20N2O3/c24-21(25)19-8-4-5-9-20(19)26-11-10-22-13-16-12-18(15-23-14-16)17-6-2-1-3-7-17/h1-9,12,14-15,22H,10-11,13H2,(H,24,25). The van der Waals surface area contributed by atoms with Crippen molar-refractivity contribution >= 4 is 5.97 Å². The second-order valence-electron chi connectivity index (χ2n) is 5.77. The minimum absolute atomic E-state index is 0.173. The van der Waals surface area contributed by atoms with Crippen LogP contribution in [0.25, 0.3) is 11.1 Å². The summed E-state index contributed by atoms with van der Waals surface area (Å²) in [5.74, 6) is -0.605. The van der Waals surface area contributed by atoms with Gasteiger partial charge in [0.2, 0.25) is 0 Å². The fourth-order valence-corrected chi connectivity index (χ4v) is 2.61. The lowest BCUT2D eigenvalue weighted by Gasteiger charge is -2.10. The van der Waals surface area contributed by atoms with E-state index in [0.717, 1.165) is 16.7 Å². The van der Waals surface area contributed by atoms with Crippen LogP contribution in [0.1, 0.15) is 15.9 Å². The van der Waals surface area contributed by atoms with Gasteiger partial charge in [0.1, 0.15) is 17.9 Å². The van der Waals surface area contributed by atoms with Gasteiger partial charge in [-0.1, -0.05) is 42.5 Å². The van der Waals surface area contributed by atoms with E-state index in [-0.39, 0.29) is 5.56 Å². The van der Waals surface area contributed by atoms with Gasteiger partial charge in [-0.25, -0.2) is 4.79 Å². The summed E-state index contributed by atoms with van der Waals surface area (Å²) in [6.45, 7) is 1.65. The molecule has 0 saturated carbocycles. The molecule has 1 heterocycles. The van der Waals surface area contributed by atoms with Gasteiger partial charge in [-0.15, -0.1) is 0 Å². The van der Waals surface area contributed by atoms with Crippen LogP contribution in [-0.4, -0.2) is 29.2 Å². The zero-order valence-corrected chi connectivity index (χ0v) is 14.3. The largest absolute Gasteiger partial charge is 0.491 e. The van der Waals surface area contributed by atoms with Crippen LogP contribution < -0.4 is 10.1 Å². The molecule has 0 aliphatic carbocycles. The summed E-state index contributed by atoms with van der Waals surface area (Å²) in [6, 6.07) is 18.9. The number of rotatable bonds is 8. The van der Waals surface area contributed by atoms with Crippen molar-refractivity contribution in [2.24, 2.45) is 0 Å². The lowest BCUT2D eigenvalue weighted by molar-refractivity contribution is 0.0692. The lowest BCUT2D eigenvalue weighted by Crippen LogP contribution is -2.21. The van der Waals surface area contributed by atoms with Crippen molar-refractivity contribution in [1.29, 1.82) is 0 Å². The van der Waals surface area contributed by atoms with Crippen molar-refractivity contribution in [2.45, 2.75) is 6.54 Å². The van der Waals surface area contributed by atoms with Gasteiger partial charge in [0.15, 0.2) is 0 Å². The number of hydrogen-bond donors (Lipinski definition) is 2. The van der Waals surface area contributed by atoms with E-state index in [1.807, 2.05) is 30.6 Å². The average molecular weight is 348 g/mol. The molecule has 0 atom stereocenters. The SMILES string of the molecule is O=C(O)c1ccccc1OCCNCc1cncc(-c2ccccc2)c1. The summed E-state index contributed by atoms with van der Waals surface area (Å²) >= 11 is 0. The zero-order chi connectivity index (χ0) is 18.2. The first-order valence-corrected chi connectivity index (χ1v) is 8.39. The summed E-state index contributed by atoms with van der Waals surface area (Å²) in [4.78, 5) is 15.4. The van der Waals surface area contributed by atoms with Gasteiger partial charge in [0, 0.05) is 31.0 Å². The van der Waals surface area contributed by atoms with E-state index in [1.54, 1.807) is 18.2 Å². The van der Waals surface area contributed by atoms with E-state index in [2.05, 4.69) is 28.5 Å². The van der Waals surface area contributed by atoms with E-state index in [0.29, 0.717) is 25.4 Å². The highest BCUT2D eigenvalue weighted by atomic mass is 16.5. The lowest BCUT2D eigenvalue weighted by atomic mass is 10.1. The van der Waals surface area contributed by atoms with Crippen molar-refractivity contribution in [3.05, 3.63) is 84.2 Å². The van der Waals surface area contributed by atoms with Gasteiger partial charge in [-0.05, 0) is 29.3 Å². The Kier molecular flexibility index (Phi) is 5.96. The smallest absolute Gasteiger partial charge is 0.339 e. The van der Waals surface area contributed by atoms with Crippen molar-refractivity contribution in [1.82, 2.24) is 10.3 Å². The summed E-state index contributed by atoms with van der Waals surface area (Å²) in [7, 11) is 0. The Morgan fingerprint density at radius 1 is 1.00 bits per heavy atom. The van der Waals surface area contributed by atoms with Crippen molar-refractivity contribution in [2.75, 3.05) is 13.2 Å². The first-order valence-electron chi connectivity index (χ1n) is 8.39. The Hall–Kier alpha value is -3.18. The van der Waals surface area contributed by atoms with E-state index in [9.17, 15) is 4.79 Å². The van der Waals surface area contributed by atoms with E-state index >= 15 is 0 Å². The number of para-hydroxylation sites is 1. The van der Waals surface area contributed by atoms with E-state index in [1.165, 1.54) is 6.07 Å².